The van der Waals surface area contributed by atoms with Gasteiger partial charge in [-0.3, -0.25) is 0 Å². The fourth-order valence-corrected chi connectivity index (χ4v) is 5.20. The number of benzene rings is 5. The molecule has 1 aliphatic carbocycles. The number of hydrogen-bond acceptors (Lipinski definition) is 1. The number of hydrogen-bond donors (Lipinski definition) is 0. The second kappa shape index (κ2) is 5.48. The monoisotopic (exact) mass is 370 g/mol. The van der Waals surface area contributed by atoms with Crippen molar-refractivity contribution in [2.45, 2.75) is 12.0 Å². The van der Waals surface area contributed by atoms with E-state index in [1.54, 1.807) is 0 Å². The molecule has 2 atom stereocenters. The van der Waals surface area contributed by atoms with E-state index in [0.717, 1.165) is 5.75 Å². The zero-order valence-corrected chi connectivity index (χ0v) is 15.8. The third-order valence-electron chi connectivity index (χ3n) is 6.56. The van der Waals surface area contributed by atoms with Crippen LogP contribution in [0.15, 0.2) is 97.1 Å². The van der Waals surface area contributed by atoms with Crippen LogP contribution in [0.1, 0.15) is 11.5 Å². The largest absolute Gasteiger partial charge is 0.485 e. The Labute approximate surface area is 168 Å². The Morgan fingerprint density at radius 2 is 1.41 bits per heavy atom. The van der Waals surface area contributed by atoms with E-state index in [1.807, 2.05) is 0 Å². The molecule has 0 amide bonds. The molecule has 1 heterocycles. The lowest BCUT2D eigenvalue weighted by atomic mass is 9.87. The molecule has 0 spiro atoms. The van der Waals surface area contributed by atoms with Crippen LogP contribution < -0.4 is 4.74 Å². The Morgan fingerprint density at radius 1 is 0.655 bits per heavy atom. The quantitative estimate of drug-likeness (QED) is 0.283. The summed E-state index contributed by atoms with van der Waals surface area (Å²) in [5.74, 6) is 1.33. The molecule has 1 heteroatoms. The molecule has 0 N–H and O–H groups in total. The van der Waals surface area contributed by atoms with Crippen LogP contribution in [0.4, 0.5) is 0 Å². The zero-order valence-electron chi connectivity index (χ0n) is 15.8. The van der Waals surface area contributed by atoms with Gasteiger partial charge in [0.25, 0.3) is 0 Å². The summed E-state index contributed by atoms with van der Waals surface area (Å²) in [7, 11) is 0. The van der Waals surface area contributed by atoms with Crippen LogP contribution in [0, 0.1) is 0 Å². The summed E-state index contributed by atoms with van der Waals surface area (Å²) < 4.78 is 6.14. The average Bonchev–Trinajstić information content (AvgIpc) is 3.15. The molecular formula is C28H18O. The van der Waals surface area contributed by atoms with Gasteiger partial charge in [0.15, 0.2) is 0 Å². The molecule has 7 rings (SSSR count). The molecule has 2 aliphatic rings. The molecule has 0 fully saturated rings. The van der Waals surface area contributed by atoms with E-state index in [9.17, 15) is 0 Å². The minimum Gasteiger partial charge on any atom is -0.485 e. The Balaban J connectivity index is 1.50. The predicted octanol–water partition coefficient (Wildman–Crippen LogP) is 7.22. The maximum Gasteiger partial charge on any atom is 0.128 e. The first-order valence-electron chi connectivity index (χ1n) is 10.2. The van der Waals surface area contributed by atoms with Crippen molar-refractivity contribution in [2.24, 2.45) is 0 Å². The van der Waals surface area contributed by atoms with E-state index < -0.39 is 0 Å². The molecule has 1 nitrogen and oxygen atoms in total. The molecule has 2 unspecified atom stereocenters. The fourth-order valence-electron chi connectivity index (χ4n) is 5.20. The maximum absolute atomic E-state index is 6.14. The van der Waals surface area contributed by atoms with Gasteiger partial charge < -0.3 is 4.74 Å². The van der Waals surface area contributed by atoms with Gasteiger partial charge in [-0.1, -0.05) is 78.9 Å². The Kier molecular flexibility index (Phi) is 2.90. The number of ether oxygens (including phenoxy) is 1. The van der Waals surface area contributed by atoms with Gasteiger partial charge in [0.1, 0.15) is 11.9 Å². The summed E-state index contributed by atoms with van der Waals surface area (Å²) in [5.41, 5.74) is 3.84. The van der Waals surface area contributed by atoms with E-state index in [4.69, 9.17) is 4.74 Å². The lowest BCUT2D eigenvalue weighted by molar-refractivity contribution is 0.269. The molecule has 0 saturated carbocycles. The molecule has 0 bridgehead atoms. The summed E-state index contributed by atoms with van der Waals surface area (Å²) in [6.07, 6.45) is 8.74. The average molecular weight is 370 g/mol. The lowest BCUT2D eigenvalue weighted by Crippen LogP contribution is -2.15. The van der Waals surface area contributed by atoms with Crippen molar-refractivity contribution in [2.75, 3.05) is 0 Å². The van der Waals surface area contributed by atoms with Crippen molar-refractivity contribution in [1.82, 2.24) is 0 Å². The van der Waals surface area contributed by atoms with Crippen molar-refractivity contribution in [1.29, 1.82) is 0 Å². The first kappa shape index (κ1) is 15.4. The Hall–Kier alpha value is -3.58. The highest BCUT2D eigenvalue weighted by Crippen LogP contribution is 2.45. The van der Waals surface area contributed by atoms with Crippen LogP contribution in [0.3, 0.4) is 0 Å². The molecule has 0 aromatic heterocycles. The predicted molar refractivity (Wildman–Crippen MR) is 121 cm³/mol. The van der Waals surface area contributed by atoms with Crippen molar-refractivity contribution < 1.29 is 4.74 Å². The lowest BCUT2D eigenvalue weighted by Gasteiger charge is -2.15. The molecule has 29 heavy (non-hydrogen) atoms. The minimum atomic E-state index is 0.131. The SMILES string of the molecule is C1=CC2Oc3ccc(-c4ccc5ccc6cccc7ccc4c5c67)cc3C2C=C1. The van der Waals surface area contributed by atoms with Crippen LogP contribution in [-0.2, 0) is 0 Å². The summed E-state index contributed by atoms with van der Waals surface area (Å²) in [6.45, 7) is 0. The molecular weight excluding hydrogens is 352 g/mol. The fraction of sp³-hybridized carbons (Fsp3) is 0.0714. The van der Waals surface area contributed by atoms with Gasteiger partial charge in [-0.05, 0) is 61.7 Å². The first-order valence-corrected chi connectivity index (χ1v) is 10.2. The van der Waals surface area contributed by atoms with Crippen LogP contribution in [0.5, 0.6) is 5.75 Å². The first-order chi connectivity index (χ1) is 14.4. The van der Waals surface area contributed by atoms with Gasteiger partial charge in [-0.2, -0.15) is 0 Å². The summed E-state index contributed by atoms with van der Waals surface area (Å²) in [5, 5.41) is 7.98. The Bertz CT molecular complexity index is 1470. The maximum atomic E-state index is 6.14. The van der Waals surface area contributed by atoms with E-state index in [-0.39, 0.29) is 6.10 Å². The highest BCUT2D eigenvalue weighted by molar-refractivity contribution is 6.25. The minimum absolute atomic E-state index is 0.131. The number of allylic oxidation sites excluding steroid dienone is 2. The van der Waals surface area contributed by atoms with Gasteiger partial charge in [0, 0.05) is 11.5 Å². The topological polar surface area (TPSA) is 9.23 Å². The molecule has 1 aliphatic heterocycles. The normalized spacial score (nSPS) is 19.7. The highest BCUT2D eigenvalue weighted by Gasteiger charge is 2.32. The van der Waals surface area contributed by atoms with Crippen LogP contribution >= 0.6 is 0 Å². The van der Waals surface area contributed by atoms with Crippen molar-refractivity contribution >= 4 is 32.3 Å². The van der Waals surface area contributed by atoms with E-state index in [2.05, 4.69) is 97.1 Å². The summed E-state index contributed by atoms with van der Waals surface area (Å²) in [4.78, 5) is 0. The van der Waals surface area contributed by atoms with E-state index in [1.165, 1.54) is 49.0 Å². The van der Waals surface area contributed by atoms with Gasteiger partial charge in [-0.15, -0.1) is 0 Å². The van der Waals surface area contributed by atoms with E-state index >= 15 is 0 Å². The number of rotatable bonds is 1. The smallest absolute Gasteiger partial charge is 0.128 e. The zero-order chi connectivity index (χ0) is 18.9. The van der Waals surface area contributed by atoms with Gasteiger partial charge in [0.2, 0.25) is 0 Å². The van der Waals surface area contributed by atoms with Gasteiger partial charge in [-0.25, -0.2) is 0 Å². The Morgan fingerprint density at radius 3 is 2.31 bits per heavy atom. The molecule has 5 aromatic rings. The third kappa shape index (κ3) is 2.05. The van der Waals surface area contributed by atoms with Crippen molar-refractivity contribution in [3.63, 3.8) is 0 Å². The molecule has 136 valence electrons. The standard InChI is InChI=1S/C28H18O/c1-2-7-25-22(6-1)24-16-20(12-15-26(24)29-25)21-13-10-19-9-8-17-4-3-5-18-11-14-23(21)28(19)27(17)18/h1-16,22,25H. The van der Waals surface area contributed by atoms with Crippen molar-refractivity contribution in [3.8, 4) is 16.9 Å². The highest BCUT2D eigenvalue weighted by atomic mass is 16.5. The molecule has 5 aromatic carbocycles. The van der Waals surface area contributed by atoms with Gasteiger partial charge in [0.05, 0.1) is 0 Å². The van der Waals surface area contributed by atoms with Crippen LogP contribution in [-0.4, -0.2) is 6.10 Å². The second-order valence-corrected chi connectivity index (χ2v) is 8.10. The number of fused-ring (bicyclic) bond motifs is 3. The van der Waals surface area contributed by atoms with Crippen LogP contribution in [0.2, 0.25) is 0 Å². The van der Waals surface area contributed by atoms with Crippen molar-refractivity contribution in [3.05, 3.63) is 103 Å². The molecule has 0 saturated heterocycles. The van der Waals surface area contributed by atoms with Gasteiger partial charge >= 0.3 is 0 Å². The third-order valence-corrected chi connectivity index (χ3v) is 6.56. The van der Waals surface area contributed by atoms with Crippen LogP contribution in [0.25, 0.3) is 43.4 Å². The van der Waals surface area contributed by atoms with E-state index in [0.29, 0.717) is 5.92 Å². The second-order valence-electron chi connectivity index (χ2n) is 8.10. The molecule has 0 radical (unpaired) electrons. The summed E-state index contributed by atoms with van der Waals surface area (Å²) in [6, 6.07) is 26.8. The summed E-state index contributed by atoms with van der Waals surface area (Å²) >= 11 is 0.